The minimum atomic E-state index is -0.747. The Balaban J connectivity index is 0. The molecule has 0 aromatic rings. The fourth-order valence-electron chi connectivity index (χ4n) is 1.51. The van der Waals surface area contributed by atoms with Gasteiger partial charge in [-0.15, -0.1) is 0 Å². The second-order valence-corrected chi connectivity index (χ2v) is 6.76. The van der Waals surface area contributed by atoms with E-state index in [9.17, 15) is 24.0 Å². The topological polar surface area (TPSA) is 161 Å². The Bertz CT molecular complexity index is 707. The molecule has 1 saturated heterocycles. The maximum Gasteiger partial charge on any atom is 0.347 e. The van der Waals surface area contributed by atoms with E-state index in [1.165, 1.54) is 21.0 Å². The molecule has 0 bridgehead atoms. The molecule has 0 spiro atoms. The van der Waals surface area contributed by atoms with Gasteiger partial charge in [0.2, 0.25) is 0 Å². The third kappa shape index (κ3) is 15.5. The Kier molecular flexibility index (Phi) is 17.6. The summed E-state index contributed by atoms with van der Waals surface area (Å²) in [6.07, 6.45) is -2.10. The first-order chi connectivity index (χ1) is 15.8. The molecular weight excluding hydrogens is 456 g/mol. The number of carbonyl (C=O) groups is 5. The summed E-state index contributed by atoms with van der Waals surface area (Å²) < 4.78 is 27.9. The van der Waals surface area contributed by atoms with E-state index in [0.717, 1.165) is 0 Å². The van der Waals surface area contributed by atoms with Crippen molar-refractivity contribution in [1.29, 1.82) is 0 Å². The molecular formula is C22H34O12. The predicted molar refractivity (Wildman–Crippen MR) is 117 cm³/mol. The largest absolute Gasteiger partial charge is 0.460 e. The second kappa shape index (κ2) is 18.2. The molecule has 0 aromatic carbocycles. The van der Waals surface area contributed by atoms with Crippen LogP contribution in [-0.2, 0) is 52.4 Å². The van der Waals surface area contributed by atoms with Crippen LogP contribution < -0.4 is 0 Å². The molecule has 1 aliphatic rings. The highest BCUT2D eigenvalue weighted by Crippen LogP contribution is 2.08. The number of ether oxygens (including phenoxy) is 6. The Hall–Kier alpha value is -3.25. The third-order valence-electron chi connectivity index (χ3n) is 3.52. The van der Waals surface area contributed by atoms with Crippen molar-refractivity contribution in [1.82, 2.24) is 0 Å². The number of aliphatic hydroxyl groups excluding tert-OH is 1. The van der Waals surface area contributed by atoms with Crippen LogP contribution in [0.15, 0.2) is 24.3 Å². The molecule has 1 fully saturated rings. The molecule has 1 rings (SSSR count). The monoisotopic (exact) mass is 490 g/mol. The lowest BCUT2D eigenvalue weighted by atomic mass is 10.3. The molecule has 34 heavy (non-hydrogen) atoms. The standard InChI is InChI=1S/C10H16O5.C6H8O4.C6H10O3/c1-7(2)9(11)14-5-6-15-10(12)8(3)13-4;1-3-5(7)10-4(2)6(8)9-3;1-5(2)6(8)9-4-3-7/h8H,1,5-6H2,2-4H3;3-4H,1-2H3;7H,1,3-4H2,2H3. The van der Waals surface area contributed by atoms with Gasteiger partial charge in [0.25, 0.3) is 0 Å². The van der Waals surface area contributed by atoms with Crippen LogP contribution in [0, 0.1) is 0 Å². The zero-order valence-electron chi connectivity index (χ0n) is 20.4. The fraction of sp³-hybridized carbons (Fsp3) is 0.591. The molecule has 0 saturated carbocycles. The van der Waals surface area contributed by atoms with Gasteiger partial charge in [0.15, 0.2) is 18.3 Å². The van der Waals surface area contributed by atoms with Crippen LogP contribution >= 0.6 is 0 Å². The van der Waals surface area contributed by atoms with E-state index in [0.29, 0.717) is 11.1 Å². The molecule has 1 heterocycles. The summed E-state index contributed by atoms with van der Waals surface area (Å²) in [5.74, 6) is -2.39. The van der Waals surface area contributed by atoms with E-state index in [2.05, 4.69) is 27.4 Å². The average molecular weight is 491 g/mol. The average Bonchev–Trinajstić information content (AvgIpc) is 2.78. The highest BCUT2D eigenvalue weighted by atomic mass is 16.6. The van der Waals surface area contributed by atoms with E-state index in [-0.39, 0.29) is 26.4 Å². The molecule has 3 atom stereocenters. The predicted octanol–water partition coefficient (Wildman–Crippen LogP) is 0.645. The van der Waals surface area contributed by atoms with Gasteiger partial charge in [-0.25, -0.2) is 24.0 Å². The maximum absolute atomic E-state index is 11.0. The van der Waals surface area contributed by atoms with Gasteiger partial charge in [-0.05, 0) is 34.6 Å². The third-order valence-corrected chi connectivity index (χ3v) is 3.52. The van der Waals surface area contributed by atoms with Crippen molar-refractivity contribution in [3.8, 4) is 0 Å². The molecule has 12 nitrogen and oxygen atoms in total. The van der Waals surface area contributed by atoms with E-state index < -0.39 is 48.2 Å². The molecule has 0 amide bonds. The van der Waals surface area contributed by atoms with Crippen LogP contribution in [0.3, 0.4) is 0 Å². The number of methoxy groups -OCH3 is 1. The minimum Gasteiger partial charge on any atom is -0.460 e. The molecule has 1 N–H and O–H groups in total. The van der Waals surface area contributed by atoms with Crippen molar-refractivity contribution < 1.29 is 57.5 Å². The lowest BCUT2D eigenvalue weighted by Gasteiger charge is -2.22. The lowest BCUT2D eigenvalue weighted by molar-refractivity contribution is -0.191. The second-order valence-electron chi connectivity index (χ2n) is 6.76. The summed E-state index contributed by atoms with van der Waals surface area (Å²) >= 11 is 0. The van der Waals surface area contributed by atoms with Gasteiger partial charge >= 0.3 is 29.8 Å². The number of aliphatic hydroxyl groups is 1. The van der Waals surface area contributed by atoms with Crippen molar-refractivity contribution in [2.45, 2.75) is 52.9 Å². The summed E-state index contributed by atoms with van der Waals surface area (Å²) in [7, 11) is 1.41. The zero-order chi connectivity index (χ0) is 26.8. The highest BCUT2D eigenvalue weighted by molar-refractivity contribution is 5.87. The van der Waals surface area contributed by atoms with Gasteiger partial charge in [0.05, 0.1) is 6.61 Å². The Morgan fingerprint density at radius 3 is 1.62 bits per heavy atom. The molecule has 1 aliphatic heterocycles. The van der Waals surface area contributed by atoms with Crippen LogP contribution in [0.25, 0.3) is 0 Å². The van der Waals surface area contributed by atoms with E-state index >= 15 is 0 Å². The van der Waals surface area contributed by atoms with Crippen molar-refractivity contribution in [3.63, 3.8) is 0 Å². The number of hydrogen-bond donors (Lipinski definition) is 1. The zero-order valence-corrected chi connectivity index (χ0v) is 20.4. The van der Waals surface area contributed by atoms with Crippen LogP contribution in [0.5, 0.6) is 0 Å². The van der Waals surface area contributed by atoms with Gasteiger partial charge in [-0.3, -0.25) is 0 Å². The highest BCUT2D eigenvalue weighted by Gasteiger charge is 2.32. The number of cyclic esters (lactones) is 2. The summed E-state index contributed by atoms with van der Waals surface area (Å²) in [6, 6.07) is 0. The van der Waals surface area contributed by atoms with Crippen molar-refractivity contribution in [3.05, 3.63) is 24.3 Å². The van der Waals surface area contributed by atoms with Gasteiger partial charge in [-0.1, -0.05) is 13.2 Å². The minimum absolute atomic E-state index is 0.0194. The number of hydrogen-bond acceptors (Lipinski definition) is 12. The summed E-state index contributed by atoms with van der Waals surface area (Å²) in [5, 5.41) is 8.19. The Morgan fingerprint density at radius 1 is 0.882 bits per heavy atom. The van der Waals surface area contributed by atoms with Crippen LogP contribution in [-0.4, -0.2) is 86.8 Å². The van der Waals surface area contributed by atoms with Gasteiger partial charge in [-0.2, -0.15) is 0 Å². The Labute approximate surface area is 198 Å². The fourth-order valence-corrected chi connectivity index (χ4v) is 1.51. The number of esters is 5. The summed E-state index contributed by atoms with van der Waals surface area (Å²) in [4.78, 5) is 53.7. The number of rotatable bonds is 9. The molecule has 194 valence electrons. The molecule has 0 aromatic heterocycles. The van der Waals surface area contributed by atoms with Gasteiger partial charge in [0, 0.05) is 18.3 Å². The first kappa shape index (κ1) is 32.9. The smallest absolute Gasteiger partial charge is 0.347 e. The summed E-state index contributed by atoms with van der Waals surface area (Å²) in [6.45, 7) is 14.3. The first-order valence-corrected chi connectivity index (χ1v) is 10.1. The molecule has 3 unspecified atom stereocenters. The van der Waals surface area contributed by atoms with Crippen LogP contribution in [0.1, 0.15) is 34.6 Å². The normalized spacial score (nSPS) is 17.1. The maximum atomic E-state index is 11.0. The molecule has 0 radical (unpaired) electrons. The number of carbonyl (C=O) groups excluding carboxylic acids is 5. The van der Waals surface area contributed by atoms with Crippen molar-refractivity contribution in [2.75, 3.05) is 33.5 Å². The van der Waals surface area contributed by atoms with E-state index in [1.54, 1.807) is 20.8 Å². The van der Waals surface area contributed by atoms with Crippen LogP contribution in [0.4, 0.5) is 0 Å². The van der Waals surface area contributed by atoms with Gasteiger partial charge in [0.1, 0.15) is 19.8 Å². The molecule has 12 heteroatoms. The first-order valence-electron chi connectivity index (χ1n) is 10.1. The van der Waals surface area contributed by atoms with E-state index in [4.69, 9.17) is 19.3 Å². The quantitative estimate of drug-likeness (QED) is 0.208. The summed E-state index contributed by atoms with van der Waals surface area (Å²) in [5.41, 5.74) is 0.662. The SMILES string of the molecule is C=C(C)C(=O)OCCO.C=C(C)C(=O)OCCOC(=O)C(C)OC.CC1OC(=O)C(C)OC1=O. The van der Waals surface area contributed by atoms with Crippen molar-refractivity contribution >= 4 is 29.8 Å². The van der Waals surface area contributed by atoms with Crippen LogP contribution in [0.2, 0.25) is 0 Å². The van der Waals surface area contributed by atoms with E-state index in [1.807, 2.05) is 0 Å². The molecule has 0 aliphatic carbocycles. The van der Waals surface area contributed by atoms with Crippen molar-refractivity contribution in [2.24, 2.45) is 0 Å². The Morgan fingerprint density at radius 2 is 1.26 bits per heavy atom. The lowest BCUT2D eigenvalue weighted by Crippen LogP contribution is -2.40. The van der Waals surface area contributed by atoms with Gasteiger partial charge < -0.3 is 33.5 Å².